The zero-order valence-corrected chi connectivity index (χ0v) is 14.2. The molecule has 0 fully saturated rings. The molecule has 0 aromatic heterocycles. The normalized spacial score (nSPS) is 11.8. The molecule has 128 valence electrons. The Labute approximate surface area is 120 Å². The van der Waals surface area contributed by atoms with E-state index in [1.807, 2.05) is 0 Å². The van der Waals surface area contributed by atoms with Gasteiger partial charge in [-0.2, -0.15) is 0 Å². The van der Waals surface area contributed by atoms with Crippen LogP contribution in [-0.2, 0) is 9.13 Å². The van der Waals surface area contributed by atoms with Gasteiger partial charge < -0.3 is 35.1 Å². The first-order valence-electron chi connectivity index (χ1n) is 6.01. The van der Waals surface area contributed by atoms with Crippen LogP contribution in [0.3, 0.4) is 0 Å². The molecule has 0 aromatic rings. The third-order valence-electron chi connectivity index (χ3n) is 1.01. The molecule has 9 nitrogen and oxygen atoms in total. The lowest BCUT2D eigenvalue weighted by atomic mass is 10.2. The first-order chi connectivity index (χ1) is 8.68. The van der Waals surface area contributed by atoms with Gasteiger partial charge in [-0.25, -0.2) is 9.13 Å². The summed E-state index contributed by atoms with van der Waals surface area (Å²) in [6.45, 7) is 8.48. The second-order valence-electron chi connectivity index (χ2n) is 3.85. The second kappa shape index (κ2) is 17.2. The lowest BCUT2D eigenvalue weighted by Crippen LogP contribution is -2.13. The minimum atomic E-state index is -4.64. The van der Waals surface area contributed by atoms with Crippen LogP contribution in [0.5, 0.6) is 0 Å². The highest BCUT2D eigenvalue weighted by Crippen LogP contribution is 2.26. The fourth-order valence-electron chi connectivity index (χ4n) is 0.526. The van der Waals surface area contributed by atoms with Crippen molar-refractivity contribution in [3.63, 3.8) is 0 Å². The summed E-state index contributed by atoms with van der Waals surface area (Å²) in [6, 6.07) is 0.403. The molecular formula is C9H29NO8P2. The molecule has 0 saturated heterocycles. The Bertz CT molecular complexity index is 226. The van der Waals surface area contributed by atoms with Crippen LogP contribution in [-0.4, -0.2) is 35.4 Å². The van der Waals surface area contributed by atoms with Crippen molar-refractivity contribution in [2.45, 2.75) is 59.4 Å². The lowest BCUT2D eigenvalue weighted by molar-refractivity contribution is 0.272. The first-order valence-corrected chi connectivity index (χ1v) is 9.14. The van der Waals surface area contributed by atoms with Gasteiger partial charge in [0.25, 0.3) is 0 Å². The van der Waals surface area contributed by atoms with Crippen molar-refractivity contribution in [1.29, 1.82) is 0 Å². The molecule has 0 radical (unpaired) electrons. The van der Waals surface area contributed by atoms with E-state index in [0.717, 1.165) is 0 Å². The molecule has 0 saturated carbocycles. The summed E-state index contributed by atoms with van der Waals surface area (Å²) < 4.78 is 17.8. The predicted molar refractivity (Wildman–Crippen MR) is 77.7 cm³/mol. The second-order valence-corrected chi connectivity index (χ2v) is 5.91. The molecule has 0 aliphatic rings. The Balaban J connectivity index is -0.0000000890. The minimum absolute atomic E-state index is 0.403. The van der Waals surface area contributed by atoms with Crippen molar-refractivity contribution in [3.05, 3.63) is 0 Å². The molecule has 0 heterocycles. The van der Waals surface area contributed by atoms with Crippen LogP contribution >= 0.6 is 15.6 Å². The van der Waals surface area contributed by atoms with Gasteiger partial charge in [-0.05, 0) is 13.3 Å². The summed E-state index contributed by atoms with van der Waals surface area (Å²) in [7, 11) is -9.28. The average molecular weight is 341 g/mol. The largest absolute Gasteiger partial charge is 0.466 e. The van der Waals surface area contributed by atoms with Gasteiger partial charge in [0, 0.05) is 6.04 Å². The summed E-state index contributed by atoms with van der Waals surface area (Å²) in [5.41, 5.74) is 5.48. The SMILES string of the molecule is CCC.CCCCC(C)N.O=P(O)(O)O.O=P(O)(O)O. The number of unbranched alkanes of at least 4 members (excludes halogenated alkanes) is 1. The maximum Gasteiger partial charge on any atom is 0.466 e. The van der Waals surface area contributed by atoms with Crippen LogP contribution in [0.1, 0.15) is 53.4 Å². The smallest absolute Gasteiger partial charge is 0.328 e. The topological polar surface area (TPSA) is 182 Å². The Kier molecular flexibility index (Phi) is 24.4. The maximum atomic E-state index is 8.88. The average Bonchev–Trinajstić information content (AvgIpc) is 2.10. The van der Waals surface area contributed by atoms with Crippen molar-refractivity contribution in [2.75, 3.05) is 0 Å². The first kappa shape index (κ1) is 28.4. The minimum Gasteiger partial charge on any atom is -0.328 e. The summed E-state index contributed by atoms with van der Waals surface area (Å²) in [5.74, 6) is 0. The molecule has 0 bridgehead atoms. The maximum absolute atomic E-state index is 8.88. The van der Waals surface area contributed by atoms with Crippen LogP contribution in [0.25, 0.3) is 0 Å². The van der Waals surface area contributed by atoms with E-state index in [1.54, 1.807) is 0 Å². The van der Waals surface area contributed by atoms with Crippen LogP contribution in [0.2, 0.25) is 0 Å². The molecule has 0 spiro atoms. The summed E-state index contributed by atoms with van der Waals surface area (Å²) in [5, 5.41) is 0. The van der Waals surface area contributed by atoms with Gasteiger partial charge in [-0.1, -0.05) is 40.0 Å². The number of rotatable bonds is 3. The molecule has 8 N–H and O–H groups in total. The van der Waals surface area contributed by atoms with Crippen molar-refractivity contribution < 1.29 is 38.5 Å². The molecular weight excluding hydrogens is 312 g/mol. The van der Waals surface area contributed by atoms with E-state index in [9.17, 15) is 0 Å². The molecule has 11 heteroatoms. The fourth-order valence-corrected chi connectivity index (χ4v) is 0.526. The van der Waals surface area contributed by atoms with Gasteiger partial charge in [0.2, 0.25) is 0 Å². The van der Waals surface area contributed by atoms with Gasteiger partial charge in [0.15, 0.2) is 0 Å². The molecule has 1 unspecified atom stereocenters. The van der Waals surface area contributed by atoms with E-state index in [4.69, 9.17) is 44.2 Å². The zero-order valence-electron chi connectivity index (χ0n) is 12.4. The van der Waals surface area contributed by atoms with Crippen molar-refractivity contribution >= 4 is 15.6 Å². The monoisotopic (exact) mass is 341 g/mol. The Hall–Kier alpha value is 0.180. The van der Waals surface area contributed by atoms with Gasteiger partial charge in [0.05, 0.1) is 0 Å². The van der Waals surface area contributed by atoms with Gasteiger partial charge >= 0.3 is 15.6 Å². The summed E-state index contributed by atoms with van der Waals surface area (Å²) >= 11 is 0. The number of nitrogens with two attached hydrogens (primary N) is 1. The Morgan fingerprint density at radius 2 is 1.10 bits per heavy atom. The third-order valence-corrected chi connectivity index (χ3v) is 1.01. The lowest BCUT2D eigenvalue weighted by Gasteiger charge is -1.99. The van der Waals surface area contributed by atoms with Crippen LogP contribution in [0.15, 0.2) is 0 Å². The molecule has 0 amide bonds. The van der Waals surface area contributed by atoms with Crippen LogP contribution in [0.4, 0.5) is 0 Å². The number of hydrogen-bond acceptors (Lipinski definition) is 3. The molecule has 0 rings (SSSR count). The van der Waals surface area contributed by atoms with Crippen molar-refractivity contribution in [2.24, 2.45) is 5.73 Å². The fraction of sp³-hybridized carbons (Fsp3) is 1.00. The molecule has 0 aromatic carbocycles. The Morgan fingerprint density at radius 1 is 0.900 bits per heavy atom. The van der Waals surface area contributed by atoms with E-state index in [1.165, 1.54) is 25.7 Å². The Morgan fingerprint density at radius 3 is 1.15 bits per heavy atom. The van der Waals surface area contributed by atoms with Crippen molar-refractivity contribution in [3.8, 4) is 0 Å². The molecule has 20 heavy (non-hydrogen) atoms. The van der Waals surface area contributed by atoms with E-state index in [0.29, 0.717) is 6.04 Å². The highest BCUT2D eigenvalue weighted by atomic mass is 31.2. The van der Waals surface area contributed by atoms with E-state index in [-0.39, 0.29) is 0 Å². The van der Waals surface area contributed by atoms with Gasteiger partial charge in [-0.15, -0.1) is 0 Å². The number of hydrogen-bond donors (Lipinski definition) is 7. The quantitative estimate of drug-likeness (QED) is 0.369. The highest BCUT2D eigenvalue weighted by Gasteiger charge is 2.00. The van der Waals surface area contributed by atoms with E-state index >= 15 is 0 Å². The molecule has 0 aliphatic heterocycles. The third kappa shape index (κ3) is 307. The number of phosphoric acid groups is 2. The van der Waals surface area contributed by atoms with Crippen molar-refractivity contribution in [1.82, 2.24) is 0 Å². The zero-order chi connectivity index (χ0) is 17.4. The molecule has 1 atom stereocenters. The summed E-state index contributed by atoms with van der Waals surface area (Å²) in [6.07, 6.45) is 4.97. The van der Waals surface area contributed by atoms with Crippen LogP contribution < -0.4 is 5.73 Å². The molecule has 0 aliphatic carbocycles. The van der Waals surface area contributed by atoms with Gasteiger partial charge in [-0.3, -0.25) is 0 Å². The van der Waals surface area contributed by atoms with E-state index in [2.05, 4.69) is 27.7 Å². The van der Waals surface area contributed by atoms with E-state index < -0.39 is 15.6 Å². The summed E-state index contributed by atoms with van der Waals surface area (Å²) in [4.78, 5) is 43.1. The van der Waals surface area contributed by atoms with Crippen LogP contribution in [0, 0.1) is 0 Å². The highest BCUT2D eigenvalue weighted by molar-refractivity contribution is 7.45. The predicted octanol–water partition coefficient (Wildman–Crippen LogP) is 1.08. The van der Waals surface area contributed by atoms with Gasteiger partial charge in [0.1, 0.15) is 0 Å². The standard InChI is InChI=1S/C6H15N.C3H8.2H3O4P/c1-3-4-5-6(2)7;1-3-2;2*1-5(2,3)4/h6H,3-5,7H2,1-2H3;3H2,1-2H3;2*(H3,1,2,3,4).